The molecule has 3 amide bonds. The lowest BCUT2D eigenvalue weighted by atomic mass is 9.71. The molecule has 4 aliphatic heterocycles. The second kappa shape index (κ2) is 28.0. The van der Waals surface area contributed by atoms with Crippen molar-refractivity contribution in [2.75, 3.05) is 119 Å². The number of sulfone groups is 1. The van der Waals surface area contributed by atoms with E-state index >= 15 is 8.78 Å². The minimum absolute atomic E-state index is 0.0490. The highest BCUT2D eigenvalue weighted by Crippen LogP contribution is 2.45. The molecule has 88 heavy (non-hydrogen) atoms. The average molecular weight is 1300 g/mol. The number of ether oxygens (including phenoxy) is 1. The van der Waals surface area contributed by atoms with Crippen molar-refractivity contribution in [2.24, 2.45) is 5.41 Å². The number of halogens is 6. The third-order valence-corrected chi connectivity index (χ3v) is 21.5. The van der Waals surface area contributed by atoms with Crippen LogP contribution in [0.5, 0.6) is 0 Å². The van der Waals surface area contributed by atoms with Gasteiger partial charge in [-0.05, 0) is 140 Å². The number of allylic oxidation sites excluding steroid dienone is 1. The zero-order chi connectivity index (χ0) is 62.4. The number of carbonyl (C=O) groups is 3. The second-order valence-electron chi connectivity index (χ2n) is 23.6. The molecule has 4 saturated heterocycles. The minimum Gasteiger partial charge on any atom is -0.380 e. The number of anilines is 3. The zero-order valence-electron chi connectivity index (χ0n) is 48.8. The van der Waals surface area contributed by atoms with Gasteiger partial charge in [0.1, 0.15) is 22.2 Å². The van der Waals surface area contributed by atoms with E-state index in [-0.39, 0.29) is 35.1 Å². The molecule has 1 aliphatic carbocycles. The van der Waals surface area contributed by atoms with Crippen LogP contribution < -0.4 is 25.2 Å². The molecular weight excluding hydrogens is 1220 g/mol. The molecule has 5 aromatic rings. The van der Waals surface area contributed by atoms with E-state index in [0.29, 0.717) is 102 Å². The number of carbonyl (C=O) groups excluding carboxylic acids is 3. The van der Waals surface area contributed by atoms with Crippen molar-refractivity contribution in [3.05, 3.63) is 148 Å². The Morgan fingerprint density at radius 2 is 1.48 bits per heavy atom. The van der Waals surface area contributed by atoms with Crippen molar-refractivity contribution in [1.82, 2.24) is 24.7 Å². The number of sulfonamides is 1. The summed E-state index contributed by atoms with van der Waals surface area (Å²) in [5.74, 6) is -3.94. The summed E-state index contributed by atoms with van der Waals surface area (Å²) >= 11 is 7.78. The monoisotopic (exact) mass is 1290 g/mol. The number of hydrogen-bond donors (Lipinski definition) is 3. The van der Waals surface area contributed by atoms with Crippen molar-refractivity contribution in [3.63, 3.8) is 0 Å². The fraction of sp³-hybridized carbons (Fsp3) is 0.444. The van der Waals surface area contributed by atoms with E-state index in [1.54, 1.807) is 17.0 Å². The number of imide groups is 1. The van der Waals surface area contributed by atoms with E-state index < -0.39 is 82.2 Å². The molecule has 5 aromatic carbocycles. The molecule has 0 saturated carbocycles. The van der Waals surface area contributed by atoms with Crippen molar-refractivity contribution in [2.45, 2.75) is 84.0 Å². The van der Waals surface area contributed by atoms with Gasteiger partial charge in [0, 0.05) is 131 Å². The Morgan fingerprint density at radius 1 is 0.795 bits per heavy atom. The maximum atomic E-state index is 15.7. The smallest absolute Gasteiger partial charge is 0.380 e. The fourth-order valence-electron chi connectivity index (χ4n) is 12.5. The van der Waals surface area contributed by atoms with E-state index in [9.17, 15) is 44.4 Å². The molecule has 3 atom stereocenters. The van der Waals surface area contributed by atoms with Gasteiger partial charge in [0.2, 0.25) is 11.8 Å². The van der Waals surface area contributed by atoms with Gasteiger partial charge in [0.25, 0.3) is 25.8 Å². The number of thioether (sulfide) groups is 1. The number of benzene rings is 5. The van der Waals surface area contributed by atoms with Crippen LogP contribution in [0.2, 0.25) is 5.02 Å². The van der Waals surface area contributed by atoms with E-state index in [2.05, 4.69) is 49.3 Å². The molecule has 4 fully saturated rings. The van der Waals surface area contributed by atoms with Gasteiger partial charge in [-0.2, -0.15) is 13.2 Å². The van der Waals surface area contributed by atoms with Crippen molar-refractivity contribution >= 4 is 83.6 Å². The van der Waals surface area contributed by atoms with E-state index in [0.717, 1.165) is 73.6 Å². The Kier molecular flexibility index (Phi) is 20.6. The van der Waals surface area contributed by atoms with Crippen LogP contribution in [0, 0.1) is 17.0 Å². The average Bonchev–Trinajstić information content (AvgIpc) is 1.19. The Bertz CT molecular complexity index is 3560. The summed E-state index contributed by atoms with van der Waals surface area (Å²) in [6, 6.07) is 27.8. The molecule has 0 aromatic heterocycles. The standard InChI is InChI=1S/C63H72ClF5N8O8S3/c1-62(42-75-27-31-77(32-28-75)59-54(65)36-45(37-55(59)66)53-17-19-58(78)71-61(53)80)22-20-52(43-8-12-47(64)13-9-43)46(39-62)40-74-25-29-76(30-26-74)49-14-10-44(11-15-49)60(79)72-88(83,84)51-16-18-56(57(38-51)87(81,82)63(67,68)69)70-48(41-86-50-6-3-2-4-7-50)21-24-73-23-5-34-85-35-33-73/h2-4,6-16,18,36-38,48,53,70H,5,17,19-35,39-42H2,1H3,(H,72,79)(H,71,78,80)/t48-,53?,62-/m1/s1. The number of rotatable bonds is 20. The molecule has 10 rings (SSSR count). The maximum absolute atomic E-state index is 15.7. The Balaban J connectivity index is 0.761. The number of piperidine rings is 1. The Morgan fingerprint density at radius 3 is 2.16 bits per heavy atom. The van der Waals surface area contributed by atoms with Crippen molar-refractivity contribution < 1.29 is 57.9 Å². The fourth-order valence-corrected chi connectivity index (χ4v) is 15.6. The number of alkyl halides is 3. The third-order valence-electron chi connectivity index (χ3n) is 17.2. The van der Waals surface area contributed by atoms with Gasteiger partial charge in [-0.1, -0.05) is 54.4 Å². The van der Waals surface area contributed by atoms with Gasteiger partial charge in [0.15, 0.2) is 0 Å². The van der Waals surface area contributed by atoms with Gasteiger partial charge >= 0.3 is 5.51 Å². The summed E-state index contributed by atoms with van der Waals surface area (Å²) in [6.07, 6.45) is 4.13. The molecule has 0 radical (unpaired) electrons. The molecule has 1 unspecified atom stereocenters. The van der Waals surface area contributed by atoms with Gasteiger partial charge < -0.3 is 24.8 Å². The first kappa shape index (κ1) is 64.9. The lowest BCUT2D eigenvalue weighted by Gasteiger charge is -2.44. The molecule has 16 nitrogen and oxygen atoms in total. The summed E-state index contributed by atoms with van der Waals surface area (Å²) in [4.78, 5) is 47.3. The SMILES string of the molecule is C[C@@]1(CN2CCN(c3c(F)cc(C4CCC(=O)NC4=O)cc3F)CC2)CCC(c2ccc(Cl)cc2)=C(CN2CCN(c3ccc(C(=O)NS(=O)(=O)c4ccc(N[C@H](CCN5CCCOCC5)CSc5ccccc5)c(S(=O)(=O)C(F)(F)F)c4)cc3)CC2)C1. The summed E-state index contributed by atoms with van der Waals surface area (Å²) in [6.45, 7) is 11.6. The van der Waals surface area contributed by atoms with Gasteiger partial charge in [-0.25, -0.2) is 30.3 Å². The van der Waals surface area contributed by atoms with Crippen LogP contribution in [-0.2, 0) is 34.2 Å². The Labute approximate surface area is 520 Å². The zero-order valence-corrected chi connectivity index (χ0v) is 52.0. The summed E-state index contributed by atoms with van der Waals surface area (Å²) in [5.41, 5.74) is -1.74. The molecule has 3 N–H and O–H groups in total. The lowest BCUT2D eigenvalue weighted by Crippen LogP contribution is -2.51. The minimum atomic E-state index is -6.11. The predicted octanol–water partition coefficient (Wildman–Crippen LogP) is 9.82. The molecule has 472 valence electrons. The van der Waals surface area contributed by atoms with Crippen LogP contribution in [0.3, 0.4) is 0 Å². The molecule has 5 aliphatic rings. The second-order valence-corrected chi connectivity index (χ2v) is 28.7. The van der Waals surface area contributed by atoms with Gasteiger partial charge in [-0.15, -0.1) is 11.8 Å². The van der Waals surface area contributed by atoms with Crippen LogP contribution in [-0.4, -0.2) is 165 Å². The quantitative estimate of drug-likeness (QED) is 0.0380. The highest BCUT2D eigenvalue weighted by molar-refractivity contribution is 7.99. The number of hydrogen-bond acceptors (Lipinski definition) is 15. The first-order valence-electron chi connectivity index (χ1n) is 29.6. The van der Waals surface area contributed by atoms with Crippen molar-refractivity contribution in [1.29, 1.82) is 0 Å². The molecule has 0 spiro atoms. The highest BCUT2D eigenvalue weighted by Gasteiger charge is 2.49. The Hall–Kier alpha value is -6.12. The normalized spacial score (nSPS) is 21.0. The van der Waals surface area contributed by atoms with E-state index in [1.807, 2.05) is 47.2 Å². The van der Waals surface area contributed by atoms with Crippen molar-refractivity contribution in [3.8, 4) is 0 Å². The largest absolute Gasteiger partial charge is 0.501 e. The first-order valence-corrected chi connectivity index (χ1v) is 33.9. The first-order chi connectivity index (χ1) is 42.0. The van der Waals surface area contributed by atoms with E-state index in [4.69, 9.17) is 16.3 Å². The maximum Gasteiger partial charge on any atom is 0.501 e. The molecule has 0 bridgehead atoms. The topological polar surface area (TPSA) is 181 Å². The molecule has 25 heteroatoms. The van der Waals surface area contributed by atoms with E-state index in [1.165, 1.54) is 47.2 Å². The lowest BCUT2D eigenvalue weighted by molar-refractivity contribution is -0.134. The summed E-state index contributed by atoms with van der Waals surface area (Å²) in [5, 5.41) is 5.91. The summed E-state index contributed by atoms with van der Waals surface area (Å²) < 4.78 is 136. The number of nitrogens with zero attached hydrogens (tertiary/aromatic N) is 5. The van der Waals surface area contributed by atoms with Crippen LogP contribution >= 0.6 is 23.4 Å². The highest BCUT2D eigenvalue weighted by atomic mass is 35.5. The van der Waals surface area contributed by atoms with Gasteiger partial charge in [0.05, 0.1) is 23.1 Å². The number of nitrogens with one attached hydrogen (secondary N) is 3. The number of amides is 3. The van der Waals surface area contributed by atoms with Gasteiger partial charge in [-0.3, -0.25) is 29.5 Å². The third kappa shape index (κ3) is 15.9. The van der Waals surface area contributed by atoms with Crippen LogP contribution in [0.4, 0.5) is 39.0 Å². The van der Waals surface area contributed by atoms with Crippen LogP contribution in [0.15, 0.2) is 129 Å². The van der Waals surface area contributed by atoms with Crippen LogP contribution in [0.1, 0.15) is 79.3 Å². The molecular formula is C63H72ClF5N8O8S3. The van der Waals surface area contributed by atoms with Crippen LogP contribution in [0.25, 0.3) is 5.57 Å². The predicted molar refractivity (Wildman–Crippen MR) is 331 cm³/mol. The number of piperazine rings is 2. The molecule has 4 heterocycles. The summed E-state index contributed by atoms with van der Waals surface area (Å²) in [7, 11) is -11.0.